The lowest BCUT2D eigenvalue weighted by Crippen LogP contribution is -2.15. The number of carbonyl (C=O) groups excluding carboxylic acids is 1. The van der Waals surface area contributed by atoms with Gasteiger partial charge in [0.25, 0.3) is 0 Å². The lowest BCUT2D eigenvalue weighted by atomic mass is 10.3. The number of halogens is 1. The number of hydrogen-bond acceptors (Lipinski definition) is 5. The summed E-state index contributed by atoms with van der Waals surface area (Å²) in [5.74, 6) is 0.00373. The number of nitrogens with one attached hydrogen (secondary N) is 1. The summed E-state index contributed by atoms with van der Waals surface area (Å²) < 4.78 is 1.83. The fraction of sp³-hybridized carbons (Fsp3) is 0.0667. The van der Waals surface area contributed by atoms with Gasteiger partial charge in [-0.2, -0.15) is 0 Å². The minimum Gasteiger partial charge on any atom is -0.323 e. The molecule has 0 aliphatic rings. The number of aromatic nitrogens is 4. The number of carbonyl (C=O) groups is 1. The summed E-state index contributed by atoms with van der Waals surface area (Å²) in [4.78, 5) is 15.9. The second-order valence-electron chi connectivity index (χ2n) is 4.50. The molecule has 23 heavy (non-hydrogen) atoms. The number of thioether (sulfide) groups is 1. The largest absolute Gasteiger partial charge is 0.323 e. The summed E-state index contributed by atoms with van der Waals surface area (Å²) in [5, 5.41) is 11.6. The van der Waals surface area contributed by atoms with Crippen LogP contribution < -0.4 is 5.32 Å². The van der Waals surface area contributed by atoms with Crippen LogP contribution >= 0.6 is 23.4 Å². The Labute approximate surface area is 141 Å². The highest BCUT2D eigenvalue weighted by Crippen LogP contribution is 2.21. The van der Waals surface area contributed by atoms with E-state index in [0.29, 0.717) is 10.8 Å². The molecule has 0 aliphatic carbocycles. The van der Waals surface area contributed by atoms with Crippen LogP contribution in [-0.4, -0.2) is 31.4 Å². The molecule has 0 unspecified atom stereocenters. The molecule has 2 aromatic heterocycles. The van der Waals surface area contributed by atoms with Crippen molar-refractivity contribution >= 4 is 35.0 Å². The number of anilines is 1. The molecular formula is C15H12ClN5OS. The van der Waals surface area contributed by atoms with E-state index in [-0.39, 0.29) is 16.8 Å². The summed E-state index contributed by atoms with van der Waals surface area (Å²) >= 11 is 7.21. The molecule has 3 aromatic rings. The first-order valence-corrected chi connectivity index (χ1v) is 8.09. The van der Waals surface area contributed by atoms with E-state index in [4.69, 9.17) is 11.6 Å². The van der Waals surface area contributed by atoms with E-state index in [2.05, 4.69) is 20.5 Å². The molecule has 0 aliphatic heterocycles. The number of pyridine rings is 1. The number of nitrogens with zero attached hydrogens (tertiary/aromatic N) is 4. The molecular weight excluding hydrogens is 334 g/mol. The number of para-hydroxylation sites is 1. The second-order valence-corrected chi connectivity index (χ2v) is 5.80. The van der Waals surface area contributed by atoms with Gasteiger partial charge < -0.3 is 5.32 Å². The highest BCUT2D eigenvalue weighted by molar-refractivity contribution is 7.99. The maximum atomic E-state index is 12.0. The van der Waals surface area contributed by atoms with Crippen LogP contribution in [0.4, 0.5) is 5.69 Å². The zero-order valence-corrected chi connectivity index (χ0v) is 13.5. The van der Waals surface area contributed by atoms with Crippen LogP contribution in [0.25, 0.3) is 5.69 Å². The number of hydrogen-bond donors (Lipinski definition) is 1. The molecule has 1 amide bonds. The van der Waals surface area contributed by atoms with E-state index in [1.807, 2.05) is 34.9 Å². The third kappa shape index (κ3) is 3.88. The summed E-state index contributed by atoms with van der Waals surface area (Å²) in [6.07, 6.45) is 3.18. The number of rotatable bonds is 5. The Morgan fingerprint density at radius 2 is 2.04 bits per heavy atom. The highest BCUT2D eigenvalue weighted by Gasteiger charge is 2.11. The Hall–Kier alpha value is -2.38. The quantitative estimate of drug-likeness (QED) is 0.568. The predicted molar refractivity (Wildman–Crippen MR) is 90.0 cm³/mol. The predicted octanol–water partition coefficient (Wildman–Crippen LogP) is 3.05. The first kappa shape index (κ1) is 15.5. The highest BCUT2D eigenvalue weighted by atomic mass is 35.5. The molecule has 3 rings (SSSR count). The number of amides is 1. The van der Waals surface area contributed by atoms with Gasteiger partial charge in [-0.05, 0) is 24.3 Å². The van der Waals surface area contributed by atoms with Gasteiger partial charge in [0.05, 0.1) is 11.4 Å². The Balaban J connectivity index is 1.64. The van der Waals surface area contributed by atoms with Gasteiger partial charge in [-0.3, -0.25) is 9.36 Å². The standard InChI is InChI=1S/C15H12ClN5OS/c16-14-12(7-4-8-17-14)19-13(22)9-23-15-20-18-10-21(15)11-5-2-1-3-6-11/h1-8,10H,9H2,(H,19,22). The van der Waals surface area contributed by atoms with Crippen molar-refractivity contribution in [2.45, 2.75) is 5.16 Å². The van der Waals surface area contributed by atoms with Crippen molar-refractivity contribution in [3.63, 3.8) is 0 Å². The van der Waals surface area contributed by atoms with E-state index in [0.717, 1.165) is 5.69 Å². The van der Waals surface area contributed by atoms with Crippen LogP contribution in [0, 0.1) is 0 Å². The lowest BCUT2D eigenvalue weighted by Gasteiger charge is -2.07. The van der Waals surface area contributed by atoms with Crippen molar-refractivity contribution < 1.29 is 4.79 Å². The van der Waals surface area contributed by atoms with E-state index in [9.17, 15) is 4.79 Å². The minimum absolute atomic E-state index is 0.187. The second kappa shape index (κ2) is 7.26. The van der Waals surface area contributed by atoms with Crippen LogP contribution in [-0.2, 0) is 4.79 Å². The van der Waals surface area contributed by atoms with Crippen LogP contribution in [0.5, 0.6) is 0 Å². The maximum absolute atomic E-state index is 12.0. The molecule has 0 saturated heterocycles. The van der Waals surface area contributed by atoms with Gasteiger partial charge in [0.15, 0.2) is 10.3 Å². The third-order valence-electron chi connectivity index (χ3n) is 2.92. The fourth-order valence-electron chi connectivity index (χ4n) is 1.88. The van der Waals surface area contributed by atoms with Gasteiger partial charge in [-0.25, -0.2) is 4.98 Å². The van der Waals surface area contributed by atoms with E-state index < -0.39 is 0 Å². The zero-order chi connectivity index (χ0) is 16.1. The molecule has 0 spiro atoms. The SMILES string of the molecule is O=C(CSc1nncn1-c1ccccc1)Nc1cccnc1Cl. The summed E-state index contributed by atoms with van der Waals surface area (Å²) in [5.41, 5.74) is 1.43. The third-order valence-corrected chi connectivity index (χ3v) is 4.16. The van der Waals surface area contributed by atoms with Gasteiger partial charge in [0.1, 0.15) is 6.33 Å². The minimum atomic E-state index is -0.187. The molecule has 6 nitrogen and oxygen atoms in total. The molecule has 1 aromatic carbocycles. The summed E-state index contributed by atoms with van der Waals surface area (Å²) in [6, 6.07) is 13.1. The molecule has 2 heterocycles. The molecule has 0 radical (unpaired) electrons. The Bertz CT molecular complexity index is 808. The Morgan fingerprint density at radius 1 is 1.22 bits per heavy atom. The fourth-order valence-corrected chi connectivity index (χ4v) is 2.78. The lowest BCUT2D eigenvalue weighted by molar-refractivity contribution is -0.113. The molecule has 0 saturated carbocycles. The topological polar surface area (TPSA) is 72.7 Å². The van der Waals surface area contributed by atoms with Crippen molar-refractivity contribution in [2.75, 3.05) is 11.1 Å². The summed E-state index contributed by atoms with van der Waals surface area (Å²) in [6.45, 7) is 0. The Kier molecular flexibility index (Phi) is 4.89. The maximum Gasteiger partial charge on any atom is 0.234 e. The zero-order valence-electron chi connectivity index (χ0n) is 11.9. The van der Waals surface area contributed by atoms with Crippen molar-refractivity contribution in [1.82, 2.24) is 19.7 Å². The average molecular weight is 346 g/mol. The molecule has 1 N–H and O–H groups in total. The van der Waals surface area contributed by atoms with Crippen molar-refractivity contribution in [3.8, 4) is 5.69 Å². The first-order valence-electron chi connectivity index (χ1n) is 6.72. The van der Waals surface area contributed by atoms with E-state index in [1.165, 1.54) is 11.8 Å². The van der Waals surface area contributed by atoms with Gasteiger partial charge in [0.2, 0.25) is 5.91 Å². The van der Waals surface area contributed by atoms with Crippen molar-refractivity contribution in [3.05, 3.63) is 60.1 Å². The van der Waals surface area contributed by atoms with Crippen LogP contribution in [0.2, 0.25) is 5.15 Å². The molecule has 0 bridgehead atoms. The van der Waals surface area contributed by atoms with Gasteiger partial charge >= 0.3 is 0 Å². The molecule has 116 valence electrons. The molecule has 0 atom stereocenters. The monoisotopic (exact) mass is 345 g/mol. The van der Waals surface area contributed by atoms with Crippen LogP contribution in [0.15, 0.2) is 60.1 Å². The molecule has 8 heteroatoms. The molecule has 0 fully saturated rings. The number of benzene rings is 1. The van der Waals surface area contributed by atoms with Crippen molar-refractivity contribution in [2.24, 2.45) is 0 Å². The van der Waals surface area contributed by atoms with Crippen molar-refractivity contribution in [1.29, 1.82) is 0 Å². The first-order chi connectivity index (χ1) is 11.2. The van der Waals surface area contributed by atoms with Gasteiger partial charge in [0, 0.05) is 11.9 Å². The Morgan fingerprint density at radius 3 is 2.83 bits per heavy atom. The van der Waals surface area contributed by atoms with Gasteiger partial charge in [-0.1, -0.05) is 41.6 Å². The smallest absolute Gasteiger partial charge is 0.234 e. The van der Waals surface area contributed by atoms with E-state index >= 15 is 0 Å². The summed E-state index contributed by atoms with van der Waals surface area (Å²) in [7, 11) is 0. The van der Waals surface area contributed by atoms with Crippen LogP contribution in [0.1, 0.15) is 0 Å². The van der Waals surface area contributed by atoms with Crippen LogP contribution in [0.3, 0.4) is 0 Å². The van der Waals surface area contributed by atoms with Gasteiger partial charge in [-0.15, -0.1) is 10.2 Å². The van der Waals surface area contributed by atoms with E-state index in [1.54, 1.807) is 24.7 Å². The average Bonchev–Trinajstić information content (AvgIpc) is 3.04. The normalized spacial score (nSPS) is 10.5.